The SMILES string of the molecule is Cc1ccncc1.Cc1cnccn1.Cc1ncccn1. The van der Waals surface area contributed by atoms with Crippen LogP contribution >= 0.6 is 0 Å². The van der Waals surface area contributed by atoms with E-state index >= 15 is 0 Å². The zero-order chi connectivity index (χ0) is 15.3. The van der Waals surface area contributed by atoms with Crippen molar-refractivity contribution in [2.24, 2.45) is 0 Å². The molecule has 0 unspecified atom stereocenters. The monoisotopic (exact) mass is 281 g/mol. The molecule has 0 radical (unpaired) electrons. The first-order valence-corrected chi connectivity index (χ1v) is 6.51. The summed E-state index contributed by atoms with van der Waals surface area (Å²) in [5.74, 6) is 0.822. The molecule has 21 heavy (non-hydrogen) atoms. The van der Waals surface area contributed by atoms with Gasteiger partial charge in [0.15, 0.2) is 0 Å². The molecule has 108 valence electrons. The van der Waals surface area contributed by atoms with E-state index in [4.69, 9.17) is 0 Å². The van der Waals surface area contributed by atoms with Crippen LogP contribution in [0, 0.1) is 20.8 Å². The lowest BCUT2D eigenvalue weighted by atomic mass is 10.3. The van der Waals surface area contributed by atoms with Gasteiger partial charge in [0, 0.05) is 43.4 Å². The van der Waals surface area contributed by atoms with Gasteiger partial charge in [0.1, 0.15) is 5.82 Å². The molecule has 0 fully saturated rings. The Labute approximate surface area is 125 Å². The topological polar surface area (TPSA) is 64.5 Å². The zero-order valence-corrected chi connectivity index (χ0v) is 12.5. The quantitative estimate of drug-likeness (QED) is 0.634. The first kappa shape index (κ1) is 16.4. The molecular formula is C16H19N5. The van der Waals surface area contributed by atoms with Crippen LogP contribution in [0.3, 0.4) is 0 Å². The van der Waals surface area contributed by atoms with E-state index in [1.165, 1.54) is 5.56 Å². The van der Waals surface area contributed by atoms with Crippen molar-refractivity contribution in [2.45, 2.75) is 20.8 Å². The molecule has 5 heteroatoms. The van der Waals surface area contributed by atoms with Crippen molar-refractivity contribution in [3.8, 4) is 0 Å². The second-order valence-corrected chi connectivity index (χ2v) is 4.17. The summed E-state index contributed by atoms with van der Waals surface area (Å²) in [5.41, 5.74) is 2.22. The number of hydrogen-bond acceptors (Lipinski definition) is 5. The fraction of sp³-hybridized carbons (Fsp3) is 0.188. The average molecular weight is 281 g/mol. The van der Waals surface area contributed by atoms with E-state index in [-0.39, 0.29) is 0 Å². The van der Waals surface area contributed by atoms with Crippen LogP contribution in [-0.4, -0.2) is 24.9 Å². The minimum absolute atomic E-state index is 0.822. The van der Waals surface area contributed by atoms with Gasteiger partial charge in [-0.05, 0) is 44.5 Å². The summed E-state index contributed by atoms with van der Waals surface area (Å²) in [6.45, 7) is 5.81. The minimum Gasteiger partial charge on any atom is -0.265 e. The molecule has 5 nitrogen and oxygen atoms in total. The Balaban J connectivity index is 0.000000157. The molecule has 0 aromatic carbocycles. The maximum absolute atomic E-state index is 3.92. The second kappa shape index (κ2) is 10.1. The van der Waals surface area contributed by atoms with E-state index in [1.54, 1.807) is 49.4 Å². The van der Waals surface area contributed by atoms with Crippen LogP contribution in [0.4, 0.5) is 0 Å². The van der Waals surface area contributed by atoms with Gasteiger partial charge < -0.3 is 0 Å². The highest BCUT2D eigenvalue weighted by Gasteiger charge is 1.75. The van der Waals surface area contributed by atoms with Gasteiger partial charge in [0.2, 0.25) is 0 Å². The standard InChI is InChI=1S/C6H7N.2C5H6N2/c1-6-2-4-7-5-3-6;1-5-4-6-2-3-7-5;1-5-6-3-2-4-7-5/h2-5H,1H3;2*2-4H,1H3. The predicted molar refractivity (Wildman–Crippen MR) is 82.5 cm³/mol. The molecule has 3 heterocycles. The fourth-order valence-corrected chi connectivity index (χ4v) is 1.17. The molecule has 0 atom stereocenters. The third-order valence-electron chi connectivity index (χ3n) is 2.23. The first-order valence-electron chi connectivity index (χ1n) is 6.51. The molecule has 0 saturated carbocycles. The van der Waals surface area contributed by atoms with E-state index < -0.39 is 0 Å². The van der Waals surface area contributed by atoms with Crippen LogP contribution in [0.5, 0.6) is 0 Å². The Morgan fingerprint density at radius 3 is 1.62 bits per heavy atom. The highest BCUT2D eigenvalue weighted by Crippen LogP contribution is 1.88. The number of hydrogen-bond donors (Lipinski definition) is 0. The molecule has 0 aliphatic rings. The van der Waals surface area contributed by atoms with Gasteiger partial charge in [-0.25, -0.2) is 9.97 Å². The van der Waals surface area contributed by atoms with Crippen LogP contribution in [-0.2, 0) is 0 Å². The largest absolute Gasteiger partial charge is 0.265 e. The summed E-state index contributed by atoms with van der Waals surface area (Å²) < 4.78 is 0. The molecule has 3 rings (SSSR count). The molecule has 3 aromatic rings. The smallest absolute Gasteiger partial charge is 0.125 e. The highest BCUT2D eigenvalue weighted by atomic mass is 14.8. The van der Waals surface area contributed by atoms with Crippen molar-refractivity contribution in [3.05, 3.63) is 78.7 Å². The Hall–Kier alpha value is -2.69. The van der Waals surface area contributed by atoms with Crippen LogP contribution in [0.2, 0.25) is 0 Å². The van der Waals surface area contributed by atoms with E-state index in [0.29, 0.717) is 0 Å². The number of aryl methyl sites for hydroxylation is 3. The van der Waals surface area contributed by atoms with Gasteiger partial charge in [0.25, 0.3) is 0 Å². The van der Waals surface area contributed by atoms with Gasteiger partial charge in [-0.2, -0.15) is 0 Å². The summed E-state index contributed by atoms with van der Waals surface area (Å²) in [5, 5.41) is 0. The summed E-state index contributed by atoms with van der Waals surface area (Å²) >= 11 is 0. The molecular weight excluding hydrogens is 262 g/mol. The minimum atomic E-state index is 0.822. The highest BCUT2D eigenvalue weighted by molar-refractivity contribution is 5.05. The third-order valence-corrected chi connectivity index (χ3v) is 2.23. The van der Waals surface area contributed by atoms with Crippen LogP contribution in [0.15, 0.2) is 61.6 Å². The summed E-state index contributed by atoms with van der Waals surface area (Å²) in [7, 11) is 0. The molecule has 0 N–H and O–H groups in total. The predicted octanol–water partition coefficient (Wildman–Crippen LogP) is 2.96. The third kappa shape index (κ3) is 8.93. The lowest BCUT2D eigenvalue weighted by Gasteiger charge is -1.82. The van der Waals surface area contributed by atoms with Crippen molar-refractivity contribution >= 4 is 0 Å². The lowest BCUT2D eigenvalue weighted by molar-refractivity contribution is 1.05. The van der Waals surface area contributed by atoms with E-state index in [1.807, 2.05) is 32.9 Å². The van der Waals surface area contributed by atoms with E-state index in [0.717, 1.165) is 11.5 Å². The molecule has 0 aliphatic carbocycles. The van der Waals surface area contributed by atoms with Gasteiger partial charge >= 0.3 is 0 Å². The van der Waals surface area contributed by atoms with Gasteiger partial charge in [-0.15, -0.1) is 0 Å². The van der Waals surface area contributed by atoms with Crippen LogP contribution < -0.4 is 0 Å². The Morgan fingerprint density at radius 2 is 1.33 bits per heavy atom. The number of rotatable bonds is 0. The maximum Gasteiger partial charge on any atom is 0.125 e. The number of aromatic nitrogens is 5. The summed E-state index contributed by atoms with van der Waals surface area (Å²) in [6.07, 6.45) is 12.1. The Bertz CT molecular complexity index is 496. The molecule has 3 aromatic heterocycles. The lowest BCUT2D eigenvalue weighted by Crippen LogP contribution is -1.80. The van der Waals surface area contributed by atoms with Crippen LogP contribution in [0.25, 0.3) is 0 Å². The summed E-state index contributed by atoms with van der Waals surface area (Å²) in [6, 6.07) is 5.74. The Morgan fingerprint density at radius 1 is 0.667 bits per heavy atom. The fourth-order valence-electron chi connectivity index (χ4n) is 1.17. The molecule has 0 aliphatic heterocycles. The van der Waals surface area contributed by atoms with Crippen molar-refractivity contribution in [3.63, 3.8) is 0 Å². The van der Waals surface area contributed by atoms with Gasteiger partial charge in [-0.1, -0.05) is 0 Å². The maximum atomic E-state index is 3.92. The number of nitrogens with zero attached hydrogens (tertiary/aromatic N) is 5. The van der Waals surface area contributed by atoms with Crippen molar-refractivity contribution < 1.29 is 0 Å². The summed E-state index contributed by atoms with van der Waals surface area (Å²) in [4.78, 5) is 19.3. The van der Waals surface area contributed by atoms with Crippen molar-refractivity contribution in [1.29, 1.82) is 0 Å². The normalized spacial score (nSPS) is 8.71. The van der Waals surface area contributed by atoms with Crippen molar-refractivity contribution in [1.82, 2.24) is 24.9 Å². The second-order valence-electron chi connectivity index (χ2n) is 4.17. The molecule has 0 spiro atoms. The van der Waals surface area contributed by atoms with Gasteiger partial charge in [0.05, 0.1) is 5.69 Å². The van der Waals surface area contributed by atoms with Crippen molar-refractivity contribution in [2.75, 3.05) is 0 Å². The molecule has 0 amide bonds. The van der Waals surface area contributed by atoms with E-state index in [2.05, 4.69) is 24.9 Å². The average Bonchev–Trinajstić information content (AvgIpc) is 2.51. The van der Waals surface area contributed by atoms with Gasteiger partial charge in [-0.3, -0.25) is 15.0 Å². The Kier molecular flexibility index (Phi) is 7.90. The zero-order valence-electron chi connectivity index (χ0n) is 12.5. The first-order chi connectivity index (χ1) is 10.2. The van der Waals surface area contributed by atoms with Crippen LogP contribution in [0.1, 0.15) is 17.1 Å². The number of pyridine rings is 1. The van der Waals surface area contributed by atoms with E-state index in [9.17, 15) is 0 Å². The molecule has 0 saturated heterocycles. The molecule has 0 bridgehead atoms.